The standard InChI is InChI=1S/C23H26N4O4S/c1-30-18-4-3-5-19-20(18)25-23(32-19)27-14-12-26(13-15-27)11-10-24-21(28)16-6-8-17(9-7-16)22(29)31-2/h3-9H,10-15H2,1-2H3,(H,24,28). The summed E-state index contributed by atoms with van der Waals surface area (Å²) < 4.78 is 11.2. The van der Waals surface area contributed by atoms with Crippen molar-refractivity contribution in [3.63, 3.8) is 0 Å². The topological polar surface area (TPSA) is 84.0 Å². The van der Waals surface area contributed by atoms with Gasteiger partial charge in [0.1, 0.15) is 11.3 Å². The number of carbonyl (C=O) groups is 2. The highest BCUT2D eigenvalue weighted by molar-refractivity contribution is 7.22. The maximum atomic E-state index is 12.3. The van der Waals surface area contributed by atoms with Gasteiger partial charge in [0, 0.05) is 44.8 Å². The third-order valence-corrected chi connectivity index (χ3v) is 6.60. The number of piperazine rings is 1. The maximum absolute atomic E-state index is 12.3. The zero-order valence-electron chi connectivity index (χ0n) is 18.2. The highest BCUT2D eigenvalue weighted by atomic mass is 32.1. The van der Waals surface area contributed by atoms with E-state index in [0.717, 1.165) is 53.8 Å². The van der Waals surface area contributed by atoms with Crippen molar-refractivity contribution in [1.82, 2.24) is 15.2 Å². The van der Waals surface area contributed by atoms with E-state index in [2.05, 4.69) is 25.9 Å². The van der Waals surface area contributed by atoms with Gasteiger partial charge in [0.25, 0.3) is 5.91 Å². The molecule has 0 atom stereocenters. The van der Waals surface area contributed by atoms with E-state index in [-0.39, 0.29) is 5.91 Å². The van der Waals surface area contributed by atoms with Crippen LogP contribution < -0.4 is 15.0 Å². The van der Waals surface area contributed by atoms with Crippen molar-refractivity contribution < 1.29 is 19.1 Å². The first-order chi connectivity index (χ1) is 15.6. The molecule has 1 saturated heterocycles. The van der Waals surface area contributed by atoms with Gasteiger partial charge in [-0.1, -0.05) is 17.4 Å². The number of anilines is 1. The number of hydrogen-bond acceptors (Lipinski definition) is 8. The second-order valence-corrected chi connectivity index (χ2v) is 8.47. The molecule has 0 radical (unpaired) electrons. The van der Waals surface area contributed by atoms with Crippen LogP contribution in [0, 0.1) is 0 Å². The minimum Gasteiger partial charge on any atom is -0.494 e. The summed E-state index contributed by atoms with van der Waals surface area (Å²) in [7, 11) is 3.00. The molecule has 1 amide bonds. The van der Waals surface area contributed by atoms with Crippen molar-refractivity contribution in [2.24, 2.45) is 0 Å². The second-order valence-electron chi connectivity index (χ2n) is 7.46. The van der Waals surface area contributed by atoms with Crippen molar-refractivity contribution in [3.05, 3.63) is 53.6 Å². The smallest absolute Gasteiger partial charge is 0.337 e. The number of benzene rings is 2. The summed E-state index contributed by atoms with van der Waals surface area (Å²) in [4.78, 5) is 33.3. The summed E-state index contributed by atoms with van der Waals surface area (Å²) >= 11 is 1.69. The SMILES string of the molecule is COC(=O)c1ccc(C(=O)NCCN2CCN(c3nc4c(OC)cccc4s3)CC2)cc1. The number of rotatable bonds is 7. The van der Waals surface area contributed by atoms with E-state index in [1.54, 1.807) is 42.7 Å². The summed E-state index contributed by atoms with van der Waals surface area (Å²) in [5.41, 5.74) is 1.86. The fourth-order valence-corrected chi connectivity index (χ4v) is 4.71. The average Bonchev–Trinajstić information content (AvgIpc) is 3.28. The van der Waals surface area contributed by atoms with Crippen LogP contribution in [0.2, 0.25) is 0 Å². The van der Waals surface area contributed by atoms with Gasteiger partial charge >= 0.3 is 5.97 Å². The lowest BCUT2D eigenvalue weighted by Crippen LogP contribution is -2.48. The van der Waals surface area contributed by atoms with E-state index in [1.165, 1.54) is 7.11 Å². The Morgan fingerprint density at radius 3 is 2.44 bits per heavy atom. The fourth-order valence-electron chi connectivity index (χ4n) is 3.68. The van der Waals surface area contributed by atoms with Gasteiger partial charge in [-0.2, -0.15) is 0 Å². The lowest BCUT2D eigenvalue weighted by molar-refractivity contribution is 0.0600. The molecule has 2 aromatic carbocycles. The van der Waals surface area contributed by atoms with Crippen molar-refractivity contribution in [2.75, 3.05) is 58.4 Å². The predicted octanol–water partition coefficient (Wildman–Crippen LogP) is 2.64. The molecule has 2 heterocycles. The summed E-state index contributed by atoms with van der Waals surface area (Å²) in [6.07, 6.45) is 0. The Morgan fingerprint density at radius 1 is 1.03 bits per heavy atom. The number of methoxy groups -OCH3 is 2. The number of esters is 1. The van der Waals surface area contributed by atoms with E-state index in [9.17, 15) is 9.59 Å². The van der Waals surface area contributed by atoms with Gasteiger partial charge in [-0.25, -0.2) is 9.78 Å². The largest absolute Gasteiger partial charge is 0.494 e. The number of carbonyl (C=O) groups excluding carboxylic acids is 2. The molecule has 0 unspecified atom stereocenters. The molecular weight excluding hydrogens is 428 g/mol. The number of thiazole rings is 1. The first kappa shape index (κ1) is 22.0. The quantitative estimate of drug-likeness (QED) is 0.550. The number of hydrogen-bond donors (Lipinski definition) is 1. The number of para-hydroxylation sites is 1. The van der Waals surface area contributed by atoms with Crippen LogP contribution in [-0.2, 0) is 4.74 Å². The van der Waals surface area contributed by atoms with E-state index in [4.69, 9.17) is 9.72 Å². The highest BCUT2D eigenvalue weighted by Crippen LogP contribution is 2.34. The molecule has 1 N–H and O–H groups in total. The summed E-state index contributed by atoms with van der Waals surface area (Å²) in [5.74, 6) is 0.240. The van der Waals surface area contributed by atoms with Gasteiger partial charge in [0.2, 0.25) is 0 Å². The predicted molar refractivity (Wildman–Crippen MR) is 125 cm³/mol. The zero-order chi connectivity index (χ0) is 22.5. The van der Waals surface area contributed by atoms with Crippen molar-refractivity contribution >= 4 is 38.6 Å². The molecule has 0 aliphatic carbocycles. The summed E-state index contributed by atoms with van der Waals surface area (Å²) in [5, 5.41) is 3.97. The third-order valence-electron chi connectivity index (χ3n) is 5.52. The lowest BCUT2D eigenvalue weighted by atomic mass is 10.1. The van der Waals surface area contributed by atoms with E-state index in [1.807, 2.05) is 12.1 Å². The van der Waals surface area contributed by atoms with Gasteiger partial charge in [-0.15, -0.1) is 0 Å². The maximum Gasteiger partial charge on any atom is 0.337 e. The van der Waals surface area contributed by atoms with Crippen molar-refractivity contribution in [1.29, 1.82) is 0 Å². The van der Waals surface area contributed by atoms with Gasteiger partial charge in [0.15, 0.2) is 5.13 Å². The molecule has 3 aromatic rings. The molecule has 1 aromatic heterocycles. The molecule has 1 aliphatic heterocycles. The Kier molecular flexibility index (Phi) is 6.87. The molecule has 32 heavy (non-hydrogen) atoms. The number of nitrogens with zero attached hydrogens (tertiary/aromatic N) is 3. The van der Waals surface area contributed by atoms with Crippen LogP contribution in [0.3, 0.4) is 0 Å². The van der Waals surface area contributed by atoms with E-state index < -0.39 is 5.97 Å². The first-order valence-corrected chi connectivity index (χ1v) is 11.3. The molecule has 0 saturated carbocycles. The van der Waals surface area contributed by atoms with Crippen LogP contribution in [0.1, 0.15) is 20.7 Å². The summed E-state index contributed by atoms with van der Waals surface area (Å²) in [6.45, 7) is 4.97. The van der Waals surface area contributed by atoms with E-state index in [0.29, 0.717) is 17.7 Å². The molecule has 1 fully saturated rings. The summed E-state index contributed by atoms with van der Waals surface area (Å²) in [6, 6.07) is 12.4. The number of fused-ring (bicyclic) bond motifs is 1. The monoisotopic (exact) mass is 454 g/mol. The Labute approximate surface area is 190 Å². The lowest BCUT2D eigenvalue weighted by Gasteiger charge is -2.34. The molecule has 1 aliphatic rings. The Hall–Kier alpha value is -3.17. The molecule has 9 heteroatoms. The number of aromatic nitrogens is 1. The van der Waals surface area contributed by atoms with Crippen molar-refractivity contribution in [3.8, 4) is 5.75 Å². The average molecular weight is 455 g/mol. The highest BCUT2D eigenvalue weighted by Gasteiger charge is 2.20. The van der Waals surface area contributed by atoms with Gasteiger partial charge in [-0.3, -0.25) is 9.69 Å². The molecule has 0 bridgehead atoms. The van der Waals surface area contributed by atoms with Gasteiger partial charge in [0.05, 0.1) is 24.5 Å². The second kappa shape index (κ2) is 9.97. The Balaban J connectivity index is 1.24. The fraction of sp³-hybridized carbons (Fsp3) is 0.348. The Morgan fingerprint density at radius 2 is 1.75 bits per heavy atom. The molecule has 8 nitrogen and oxygen atoms in total. The Bertz CT molecular complexity index is 1090. The molecule has 0 spiro atoms. The number of amides is 1. The van der Waals surface area contributed by atoms with Gasteiger partial charge in [-0.05, 0) is 36.4 Å². The van der Waals surface area contributed by atoms with Crippen LogP contribution in [0.4, 0.5) is 5.13 Å². The van der Waals surface area contributed by atoms with Crippen LogP contribution in [0.5, 0.6) is 5.75 Å². The van der Waals surface area contributed by atoms with E-state index >= 15 is 0 Å². The molecule has 168 valence electrons. The number of nitrogens with one attached hydrogen (secondary N) is 1. The van der Waals surface area contributed by atoms with Gasteiger partial charge < -0.3 is 19.7 Å². The first-order valence-electron chi connectivity index (χ1n) is 10.5. The number of ether oxygens (including phenoxy) is 2. The minimum atomic E-state index is -0.416. The van der Waals surface area contributed by atoms with Crippen LogP contribution in [0.25, 0.3) is 10.2 Å². The van der Waals surface area contributed by atoms with Crippen LogP contribution in [-0.4, -0.2) is 75.2 Å². The normalized spacial score (nSPS) is 14.4. The molecule has 4 rings (SSSR count). The zero-order valence-corrected chi connectivity index (χ0v) is 19.0. The third kappa shape index (κ3) is 4.84. The minimum absolute atomic E-state index is 0.150. The van der Waals surface area contributed by atoms with Crippen LogP contribution in [0.15, 0.2) is 42.5 Å². The molecular formula is C23H26N4O4S. The van der Waals surface area contributed by atoms with Crippen molar-refractivity contribution in [2.45, 2.75) is 0 Å². The van der Waals surface area contributed by atoms with Crippen LogP contribution >= 0.6 is 11.3 Å².